The lowest BCUT2D eigenvalue weighted by molar-refractivity contribution is 0.562. The van der Waals surface area contributed by atoms with E-state index in [0.717, 1.165) is 10.4 Å². The van der Waals surface area contributed by atoms with E-state index < -0.39 is 10.0 Å². The van der Waals surface area contributed by atoms with Crippen molar-refractivity contribution in [1.82, 2.24) is 10.0 Å². The molecule has 0 saturated heterocycles. The van der Waals surface area contributed by atoms with Crippen molar-refractivity contribution in [2.75, 3.05) is 7.05 Å². The molecule has 2 rings (SSSR count). The van der Waals surface area contributed by atoms with Gasteiger partial charge >= 0.3 is 0 Å². The summed E-state index contributed by atoms with van der Waals surface area (Å²) >= 11 is 2.93. The van der Waals surface area contributed by atoms with Gasteiger partial charge in [-0.05, 0) is 54.9 Å². The molecule has 0 aliphatic carbocycles. The van der Waals surface area contributed by atoms with Gasteiger partial charge in [0.15, 0.2) is 0 Å². The van der Waals surface area contributed by atoms with Crippen LogP contribution < -0.4 is 10.0 Å². The van der Waals surface area contributed by atoms with E-state index >= 15 is 0 Å². The molecule has 0 bridgehead atoms. The number of hydrogen-bond acceptors (Lipinski definition) is 5. The predicted octanol–water partition coefficient (Wildman–Crippen LogP) is 2.44. The van der Waals surface area contributed by atoms with E-state index in [0.29, 0.717) is 17.2 Å². The van der Waals surface area contributed by atoms with Crippen LogP contribution in [0.3, 0.4) is 0 Å². The first-order valence-corrected chi connectivity index (χ1v) is 9.52. The second kappa shape index (κ2) is 6.82. The van der Waals surface area contributed by atoms with Crippen molar-refractivity contribution >= 4 is 32.7 Å². The molecule has 1 unspecified atom stereocenters. The van der Waals surface area contributed by atoms with Crippen LogP contribution in [0, 0.1) is 0 Å². The van der Waals surface area contributed by atoms with Crippen molar-refractivity contribution < 1.29 is 8.42 Å². The molecule has 0 saturated carbocycles. The zero-order chi connectivity index (χ0) is 14.6. The number of rotatable bonds is 7. The van der Waals surface area contributed by atoms with Crippen LogP contribution in [0.4, 0.5) is 0 Å². The van der Waals surface area contributed by atoms with E-state index in [2.05, 4.69) is 10.0 Å². The second-order valence-electron chi connectivity index (χ2n) is 4.61. The second-order valence-corrected chi connectivity index (χ2v) is 8.50. The van der Waals surface area contributed by atoms with Gasteiger partial charge in [0.1, 0.15) is 4.21 Å². The van der Waals surface area contributed by atoms with Crippen LogP contribution in [0.15, 0.2) is 33.2 Å². The summed E-state index contributed by atoms with van der Waals surface area (Å²) in [5.74, 6) is 0. The maximum Gasteiger partial charge on any atom is 0.250 e. The lowest BCUT2D eigenvalue weighted by Gasteiger charge is -2.12. The lowest BCUT2D eigenvalue weighted by atomic mass is 10.1. The molecule has 2 heterocycles. The number of sulfonamides is 1. The van der Waals surface area contributed by atoms with Crippen LogP contribution in [0.1, 0.15) is 17.4 Å². The van der Waals surface area contributed by atoms with Crippen molar-refractivity contribution in [1.29, 1.82) is 0 Å². The predicted molar refractivity (Wildman–Crippen MR) is 84.9 cm³/mol. The molecule has 4 nitrogen and oxygen atoms in total. The van der Waals surface area contributed by atoms with Crippen molar-refractivity contribution in [2.45, 2.75) is 30.1 Å². The molecule has 0 aliphatic heterocycles. The van der Waals surface area contributed by atoms with Gasteiger partial charge in [-0.1, -0.05) is 0 Å². The first-order valence-electron chi connectivity index (χ1n) is 6.28. The molecule has 110 valence electrons. The molecule has 7 heteroatoms. The first kappa shape index (κ1) is 15.7. The van der Waals surface area contributed by atoms with Gasteiger partial charge in [-0.3, -0.25) is 0 Å². The fourth-order valence-electron chi connectivity index (χ4n) is 1.90. The SMILES string of the molecule is CNCc1ccc(S(=O)(=O)NC(C)Cc2ccsc2)s1. The average Bonchev–Trinajstić information content (AvgIpc) is 3.00. The third-order valence-electron chi connectivity index (χ3n) is 2.73. The lowest BCUT2D eigenvalue weighted by Crippen LogP contribution is -2.33. The number of nitrogens with one attached hydrogen (secondary N) is 2. The Morgan fingerprint density at radius 1 is 1.30 bits per heavy atom. The van der Waals surface area contributed by atoms with Crippen molar-refractivity contribution in [3.63, 3.8) is 0 Å². The minimum atomic E-state index is -3.42. The molecule has 2 N–H and O–H groups in total. The van der Waals surface area contributed by atoms with E-state index in [-0.39, 0.29) is 6.04 Å². The minimum absolute atomic E-state index is 0.121. The summed E-state index contributed by atoms with van der Waals surface area (Å²) in [7, 11) is -1.57. The van der Waals surface area contributed by atoms with Crippen LogP contribution in [-0.2, 0) is 23.0 Å². The zero-order valence-corrected chi connectivity index (χ0v) is 13.9. The Kier molecular flexibility index (Phi) is 5.34. The van der Waals surface area contributed by atoms with Crippen LogP contribution in [0.25, 0.3) is 0 Å². The Hall–Kier alpha value is -0.730. The molecular formula is C13H18N2O2S3. The van der Waals surface area contributed by atoms with Gasteiger partial charge < -0.3 is 5.32 Å². The molecular weight excluding hydrogens is 312 g/mol. The van der Waals surface area contributed by atoms with E-state index in [1.165, 1.54) is 11.3 Å². The van der Waals surface area contributed by atoms with Gasteiger partial charge in [-0.15, -0.1) is 11.3 Å². The molecule has 2 aromatic heterocycles. The molecule has 0 spiro atoms. The van der Waals surface area contributed by atoms with Gasteiger partial charge in [0.2, 0.25) is 10.0 Å². The monoisotopic (exact) mass is 330 g/mol. The van der Waals surface area contributed by atoms with Crippen LogP contribution >= 0.6 is 22.7 Å². The van der Waals surface area contributed by atoms with Crippen molar-refractivity contribution in [3.05, 3.63) is 39.4 Å². The van der Waals surface area contributed by atoms with Gasteiger partial charge in [-0.2, -0.15) is 11.3 Å². The molecule has 0 aliphatic rings. The van der Waals surface area contributed by atoms with Gasteiger partial charge in [0, 0.05) is 17.5 Å². The van der Waals surface area contributed by atoms with Crippen LogP contribution in [-0.4, -0.2) is 21.5 Å². The van der Waals surface area contributed by atoms with Crippen molar-refractivity contribution in [3.8, 4) is 0 Å². The third-order valence-corrected chi connectivity index (χ3v) is 6.63. The smallest absolute Gasteiger partial charge is 0.250 e. The Morgan fingerprint density at radius 2 is 2.10 bits per heavy atom. The summed E-state index contributed by atoms with van der Waals surface area (Å²) in [6.45, 7) is 2.57. The van der Waals surface area contributed by atoms with Gasteiger partial charge in [-0.25, -0.2) is 13.1 Å². The Labute approximate surface area is 127 Å². The summed E-state index contributed by atoms with van der Waals surface area (Å²) < 4.78 is 27.6. The quantitative estimate of drug-likeness (QED) is 0.820. The number of hydrogen-bond donors (Lipinski definition) is 2. The fraction of sp³-hybridized carbons (Fsp3) is 0.385. The van der Waals surface area contributed by atoms with E-state index in [1.54, 1.807) is 17.4 Å². The van der Waals surface area contributed by atoms with E-state index in [4.69, 9.17) is 0 Å². The largest absolute Gasteiger partial charge is 0.315 e. The minimum Gasteiger partial charge on any atom is -0.315 e. The standard InChI is InChI=1S/C13H18N2O2S3/c1-10(7-11-5-6-18-9-11)15-20(16,17)13-4-3-12(19-13)8-14-2/h3-6,9-10,14-15H,7-8H2,1-2H3. The summed E-state index contributed by atoms with van der Waals surface area (Å²) in [5.41, 5.74) is 1.16. The first-order chi connectivity index (χ1) is 9.51. The highest BCUT2D eigenvalue weighted by atomic mass is 32.2. The van der Waals surface area contributed by atoms with Crippen molar-refractivity contribution in [2.24, 2.45) is 0 Å². The van der Waals surface area contributed by atoms with Crippen LogP contribution in [0.5, 0.6) is 0 Å². The van der Waals surface area contributed by atoms with Gasteiger partial charge in [0.05, 0.1) is 0 Å². The van der Waals surface area contributed by atoms with Gasteiger partial charge in [0.25, 0.3) is 0 Å². The number of thiophene rings is 2. The normalized spacial score (nSPS) is 13.5. The topological polar surface area (TPSA) is 58.2 Å². The van der Waals surface area contributed by atoms with E-state index in [1.807, 2.05) is 36.9 Å². The third kappa shape index (κ3) is 4.13. The molecule has 20 heavy (non-hydrogen) atoms. The Morgan fingerprint density at radius 3 is 2.75 bits per heavy atom. The Balaban J connectivity index is 2.02. The maximum absolute atomic E-state index is 12.3. The zero-order valence-electron chi connectivity index (χ0n) is 11.4. The maximum atomic E-state index is 12.3. The summed E-state index contributed by atoms with van der Waals surface area (Å²) in [4.78, 5) is 1.01. The highest BCUT2D eigenvalue weighted by Gasteiger charge is 2.19. The summed E-state index contributed by atoms with van der Waals surface area (Å²) in [6, 6.07) is 5.41. The van der Waals surface area contributed by atoms with Crippen LogP contribution in [0.2, 0.25) is 0 Å². The Bertz CT molecular complexity index is 632. The van der Waals surface area contributed by atoms with E-state index in [9.17, 15) is 8.42 Å². The molecule has 0 aromatic carbocycles. The average molecular weight is 330 g/mol. The molecule has 2 aromatic rings. The molecule has 0 amide bonds. The highest BCUT2D eigenvalue weighted by molar-refractivity contribution is 7.91. The fourth-order valence-corrected chi connectivity index (χ4v) is 5.21. The highest BCUT2D eigenvalue weighted by Crippen LogP contribution is 2.22. The summed E-state index contributed by atoms with van der Waals surface area (Å²) in [5, 5.41) is 7.06. The molecule has 0 fully saturated rings. The molecule has 0 radical (unpaired) electrons. The molecule has 1 atom stereocenters. The summed E-state index contributed by atoms with van der Waals surface area (Å²) in [6.07, 6.45) is 0.706.